The number of nitrogens with zero attached hydrogens (tertiary/aromatic N) is 2. The first-order valence-electron chi connectivity index (χ1n) is 31.2. The van der Waals surface area contributed by atoms with Crippen molar-refractivity contribution >= 4 is 24.4 Å². The van der Waals surface area contributed by atoms with Gasteiger partial charge in [-0.3, -0.25) is 0 Å². The van der Waals surface area contributed by atoms with Crippen molar-refractivity contribution in [3.05, 3.63) is 9.81 Å². The van der Waals surface area contributed by atoms with Crippen molar-refractivity contribution in [1.29, 1.82) is 10.5 Å². The molecule has 14 bridgehead atoms. The molecule has 0 unspecified atom stereocenters. The van der Waals surface area contributed by atoms with Crippen LogP contribution in [0.3, 0.4) is 0 Å². The minimum atomic E-state index is -2.27. The molecule has 39 heteroatoms. The van der Waals surface area contributed by atoms with Crippen LogP contribution in [0.5, 0.6) is 0 Å². The van der Waals surface area contributed by atoms with Crippen molar-refractivity contribution in [3.63, 3.8) is 0 Å². The van der Waals surface area contributed by atoms with Crippen LogP contribution < -0.4 is 0 Å². The van der Waals surface area contributed by atoms with E-state index in [-0.39, 0.29) is 22.0 Å². The second-order valence-corrected chi connectivity index (χ2v) is 25.6. The predicted octanol–water partition coefficient (Wildman–Crippen LogP) is -9.79. The van der Waals surface area contributed by atoms with Crippen molar-refractivity contribution in [3.8, 4) is 12.1 Å². The van der Waals surface area contributed by atoms with Crippen LogP contribution in [0.1, 0.15) is 64.2 Å². The van der Waals surface area contributed by atoms with Gasteiger partial charge in [-0.1, -0.05) is 69.1 Å². The first-order chi connectivity index (χ1) is 45.0. The fraction of sp³-hybridized carbons (Fsp3) is 0.929. The van der Waals surface area contributed by atoms with E-state index in [1.54, 1.807) is 12.1 Å². The molecule has 36 nitrogen and oxygen atoms in total. The Morgan fingerprint density at radius 1 is 0.284 bits per heavy atom. The minimum Gasteiger partial charge on any atom is -0.767 e. The standard InChI is InChI=1S/C46H70N2O34S2.2C5H10.Fe/c47-1-17(83)18(2-48)84-9-16-39-25(61)32(68)46(75-16)81-38-15(8-54)73-44(30(66)23(38)59)79-36-13(6-52)71-42(28(64)21(36)57)77-34-11(4-50)69-40(26(62)19(34)55)76-33-10(3-49)70-41(27(63)20(33)56)78-35-12(5-51)72-43(29(65)22(35)58)80-37-14(7-53)74-45(82-39)31(67)24(37)60;2*1-2-4-5-3-1;/h10-16,19-46,49-68,83H,3-9H2;2*1-5H2;/q;;;+3/p-1/b18-17+;;;/t10-,11-,12-,13-,14-,15-,16-,19-,20-,21-,22-,23-,24-,25-,26-,27-,28+,29-,30+,31-,32-,33-,34-,35-,36-,37-,38-,39-,40-,41-,42-,43-,44-,45-,46-;;;/m1.../s1. The molecule has 23 rings (SSSR count). The molecule has 23 aliphatic rings. The molecule has 20 N–H and O–H groups in total. The number of thioether (sulfide) groups is 1. The number of allylic oxidation sites excluding steroid dienone is 2. The maximum absolute atomic E-state index is 11.7. The summed E-state index contributed by atoms with van der Waals surface area (Å²) in [6.07, 6.45) is -56.5. The topological polar surface area (TPSA) is 581 Å². The van der Waals surface area contributed by atoms with Crippen LogP contribution in [0, 0.1) is 22.7 Å². The Labute approximate surface area is 564 Å². The summed E-state index contributed by atoms with van der Waals surface area (Å²) < 4.78 is 80.6. The predicted molar refractivity (Wildman–Crippen MR) is 306 cm³/mol. The van der Waals surface area contributed by atoms with E-state index < -0.39 is 265 Å². The van der Waals surface area contributed by atoms with E-state index in [4.69, 9.17) is 78.9 Å². The van der Waals surface area contributed by atoms with Crippen molar-refractivity contribution in [1.82, 2.24) is 0 Å². The number of ether oxygens (including phenoxy) is 14. The normalized spacial score (nSPS) is 48.4. The van der Waals surface area contributed by atoms with Gasteiger partial charge in [-0.25, -0.2) is 0 Å². The minimum absolute atomic E-state index is 0. The van der Waals surface area contributed by atoms with Crippen LogP contribution in [0.4, 0.5) is 0 Å². The van der Waals surface area contributed by atoms with Crippen LogP contribution in [-0.4, -0.2) is 362 Å². The van der Waals surface area contributed by atoms with Gasteiger partial charge >= 0.3 is 17.1 Å². The first kappa shape index (κ1) is 80.8. The molecule has 2 saturated carbocycles. The van der Waals surface area contributed by atoms with Gasteiger partial charge in [0, 0.05) is 5.75 Å². The molecule has 21 aliphatic heterocycles. The number of aliphatic hydroxyl groups excluding tert-OH is 20. The average Bonchev–Trinajstić information content (AvgIpc) is 0.934. The molecular weight excluding hydrogens is 1360 g/mol. The molecule has 21 saturated heterocycles. The number of hydrogen-bond acceptors (Lipinski definition) is 38. The molecule has 2 aliphatic carbocycles. The largest absolute Gasteiger partial charge is 3.00 e. The summed E-state index contributed by atoms with van der Waals surface area (Å²) in [4.78, 5) is -0.851. The van der Waals surface area contributed by atoms with E-state index in [1.807, 2.05) is 0 Å². The summed E-state index contributed by atoms with van der Waals surface area (Å²) in [6, 6.07) is 3.33. The molecule has 0 aromatic carbocycles. The monoisotopic (exact) mass is 1450 g/mol. The molecule has 545 valence electrons. The summed E-state index contributed by atoms with van der Waals surface area (Å²) in [5, 5.41) is 242. The molecule has 23 fully saturated rings. The Morgan fingerprint density at radius 2 is 0.453 bits per heavy atom. The molecular formula is C56H89FeN2O34S2+2. The van der Waals surface area contributed by atoms with Crippen LogP contribution in [0.25, 0.3) is 0 Å². The van der Waals surface area contributed by atoms with E-state index in [0.717, 1.165) is 0 Å². The van der Waals surface area contributed by atoms with Gasteiger partial charge in [-0.15, -0.1) is 11.8 Å². The third-order valence-corrected chi connectivity index (χ3v) is 19.4. The summed E-state index contributed by atoms with van der Waals surface area (Å²) in [5.74, 6) is -0.528. The van der Waals surface area contributed by atoms with Crippen LogP contribution in [0.15, 0.2) is 9.81 Å². The average molecular weight is 1450 g/mol. The fourth-order valence-electron chi connectivity index (χ4n) is 12.5. The SMILES string of the molecule is C1CCCC1.C1CCCC1.N#C/C([S-])=C(/C#N)SC[C@H]1O[C@@H]2O[C@H]3[C@H](O)[C@H](O)[C@@H](O[C@H]4[C@H](O)[C@H](O)[C@@H](O[C@H]5[C@H](O)[C@@H](O)[C@@H](O[C@H]6[C@H](O)[C@@H](O)[C@@H](O[C@H]7[C@H](O)[C@@H](O)[C@@H](O[C@H]8[C@H](O)[C@@H](O)[C@@H](O[C@H]1[C@H](O)[C@H]2O)O[C@@H]8CO)O[C@@H]7CO)O[C@@H]6CO)O[C@@H]5CO)O[C@@H]4CO)O[C@@H]3CO.[Fe+3]. The van der Waals surface area contributed by atoms with Gasteiger partial charge in [-0.05, 0) is 0 Å². The third-order valence-electron chi connectivity index (χ3n) is 17.9. The first-order valence-corrected chi connectivity index (χ1v) is 32.6. The zero-order valence-corrected chi connectivity index (χ0v) is 53.7. The maximum atomic E-state index is 11.7. The molecule has 21 heterocycles. The molecule has 1 radical (unpaired) electrons. The molecule has 0 aromatic rings. The Hall–Kier alpha value is -1.55. The van der Waals surface area contributed by atoms with E-state index >= 15 is 0 Å². The Balaban J connectivity index is 0.00000106. The van der Waals surface area contributed by atoms with Crippen molar-refractivity contribution in [2.24, 2.45) is 0 Å². The van der Waals surface area contributed by atoms with E-state index in [2.05, 4.69) is 0 Å². The van der Waals surface area contributed by atoms with Gasteiger partial charge in [0.1, 0.15) is 171 Å². The van der Waals surface area contributed by atoms with Gasteiger partial charge in [0.25, 0.3) is 0 Å². The Kier molecular flexibility index (Phi) is 31.9. The summed E-state index contributed by atoms with van der Waals surface area (Å²) in [5.41, 5.74) is 0. The van der Waals surface area contributed by atoms with E-state index in [9.17, 15) is 113 Å². The van der Waals surface area contributed by atoms with Gasteiger partial charge < -0.3 is 181 Å². The zero-order chi connectivity index (χ0) is 68.4. The molecule has 35 atom stereocenters. The fourth-order valence-corrected chi connectivity index (χ4v) is 13.6. The summed E-state index contributed by atoms with van der Waals surface area (Å²) in [7, 11) is 0. The number of rotatable bonds is 9. The molecule has 0 spiro atoms. The number of aliphatic hydroxyl groups is 20. The van der Waals surface area contributed by atoms with E-state index in [0.29, 0.717) is 11.8 Å². The van der Waals surface area contributed by atoms with E-state index in [1.165, 1.54) is 64.2 Å². The number of hydrogen-bond donors (Lipinski definition) is 20. The molecule has 95 heavy (non-hydrogen) atoms. The quantitative estimate of drug-likeness (QED) is 0.0579. The molecule has 0 aromatic heterocycles. The van der Waals surface area contributed by atoms with Crippen molar-refractivity contribution in [2.45, 2.75) is 279 Å². The van der Waals surface area contributed by atoms with Gasteiger partial charge in [-0.2, -0.15) is 10.5 Å². The van der Waals surface area contributed by atoms with Gasteiger partial charge in [0.05, 0.1) is 56.7 Å². The zero-order valence-electron chi connectivity index (χ0n) is 51.0. The van der Waals surface area contributed by atoms with Crippen molar-refractivity contribution < 1.29 is 186 Å². The Morgan fingerprint density at radius 3 is 0.611 bits per heavy atom. The van der Waals surface area contributed by atoms with Crippen LogP contribution >= 0.6 is 11.8 Å². The van der Waals surface area contributed by atoms with Crippen molar-refractivity contribution in [2.75, 3.05) is 45.4 Å². The second kappa shape index (κ2) is 37.6. The van der Waals surface area contributed by atoms with Gasteiger partial charge in [0.2, 0.25) is 0 Å². The third kappa shape index (κ3) is 18.6. The smallest absolute Gasteiger partial charge is 0.767 e. The summed E-state index contributed by atoms with van der Waals surface area (Å²) in [6.45, 7) is -6.44. The number of nitriles is 2. The molecule has 0 amide bonds. The van der Waals surface area contributed by atoms with Crippen LogP contribution in [0.2, 0.25) is 0 Å². The Bertz CT molecular complexity index is 2390. The van der Waals surface area contributed by atoms with Gasteiger partial charge in [0.15, 0.2) is 44.0 Å². The maximum Gasteiger partial charge on any atom is 3.00 e. The van der Waals surface area contributed by atoms with Crippen LogP contribution in [-0.2, 0) is 96.0 Å². The summed E-state index contributed by atoms with van der Waals surface area (Å²) >= 11 is 5.53. The second-order valence-electron chi connectivity index (χ2n) is 24.2.